The van der Waals surface area contributed by atoms with Crippen molar-refractivity contribution >= 4 is 11.8 Å². The van der Waals surface area contributed by atoms with E-state index in [0.29, 0.717) is 31.7 Å². The second-order valence-corrected chi connectivity index (χ2v) is 5.76. The molecule has 0 bridgehead atoms. The van der Waals surface area contributed by atoms with Crippen LogP contribution in [0, 0.1) is 11.6 Å². The third-order valence-electron chi connectivity index (χ3n) is 3.94. The largest absolute Gasteiger partial charge is 0.478 e. The zero-order valence-electron chi connectivity index (χ0n) is 13.3. The van der Waals surface area contributed by atoms with Gasteiger partial charge >= 0.3 is 5.97 Å². The molecule has 1 unspecified atom stereocenters. The number of carbonyl (C=O) groups is 2. The second kappa shape index (κ2) is 7.53. The first kappa shape index (κ1) is 18.1. The van der Waals surface area contributed by atoms with Gasteiger partial charge in [0.1, 0.15) is 11.6 Å². The van der Waals surface area contributed by atoms with E-state index in [-0.39, 0.29) is 12.5 Å². The smallest absolute Gasteiger partial charge is 0.335 e. The van der Waals surface area contributed by atoms with Crippen molar-refractivity contribution in [2.75, 3.05) is 19.7 Å². The summed E-state index contributed by atoms with van der Waals surface area (Å²) >= 11 is 0. The second-order valence-electron chi connectivity index (χ2n) is 5.76. The van der Waals surface area contributed by atoms with E-state index >= 15 is 0 Å². The number of rotatable bonds is 6. The zero-order valence-corrected chi connectivity index (χ0v) is 13.3. The lowest BCUT2D eigenvalue weighted by molar-refractivity contribution is -0.0204. The van der Waals surface area contributed by atoms with E-state index in [9.17, 15) is 18.4 Å². The summed E-state index contributed by atoms with van der Waals surface area (Å²) in [5.41, 5.74) is -0.335. The number of Topliss-reactive ketones (excluding diaryl/α,β-unsaturated/α-hetero) is 1. The Bertz CT molecular complexity index is 652. The number of nitrogens with zero attached hydrogens (tertiary/aromatic N) is 1. The van der Waals surface area contributed by atoms with Gasteiger partial charge in [0.15, 0.2) is 5.78 Å². The number of hydrogen-bond acceptors (Lipinski definition) is 4. The van der Waals surface area contributed by atoms with Crippen LogP contribution in [0.25, 0.3) is 0 Å². The van der Waals surface area contributed by atoms with Crippen LogP contribution >= 0.6 is 0 Å². The highest BCUT2D eigenvalue weighted by atomic mass is 19.1. The van der Waals surface area contributed by atoms with Crippen LogP contribution in [-0.4, -0.2) is 47.6 Å². The quantitative estimate of drug-likeness (QED) is 0.807. The first-order chi connectivity index (χ1) is 11.3. The molecule has 24 heavy (non-hydrogen) atoms. The number of carboxylic acids is 1. The van der Waals surface area contributed by atoms with Crippen LogP contribution in [0.1, 0.15) is 40.5 Å². The van der Waals surface area contributed by atoms with E-state index in [1.807, 2.05) is 11.8 Å². The van der Waals surface area contributed by atoms with Gasteiger partial charge in [-0.2, -0.15) is 0 Å². The van der Waals surface area contributed by atoms with Gasteiger partial charge in [0.25, 0.3) is 0 Å². The Labute approximate surface area is 138 Å². The van der Waals surface area contributed by atoms with E-state index in [1.54, 1.807) is 0 Å². The summed E-state index contributed by atoms with van der Waals surface area (Å²) in [5.74, 6) is -4.49. The van der Waals surface area contributed by atoms with Gasteiger partial charge in [0, 0.05) is 25.2 Å². The molecule has 1 aromatic rings. The number of allylic oxidation sites excluding steroid dienone is 1. The van der Waals surface area contributed by atoms with E-state index in [1.165, 1.54) is 0 Å². The minimum absolute atomic E-state index is 0.0883. The molecule has 1 fully saturated rings. The molecule has 0 aliphatic carbocycles. The molecule has 1 N–H and O–H groups in total. The zero-order chi connectivity index (χ0) is 17.9. The molecule has 5 nitrogen and oxygen atoms in total. The molecule has 7 heteroatoms. The topological polar surface area (TPSA) is 66.8 Å². The Hall–Kier alpha value is -2.28. The molecule has 130 valence electrons. The number of benzene rings is 1. The lowest BCUT2D eigenvalue weighted by Gasteiger charge is -2.34. The maximum atomic E-state index is 13.9. The van der Waals surface area contributed by atoms with Gasteiger partial charge in [-0.3, -0.25) is 4.79 Å². The first-order valence-corrected chi connectivity index (χ1v) is 7.57. The van der Waals surface area contributed by atoms with Crippen molar-refractivity contribution in [2.45, 2.75) is 25.9 Å². The Morgan fingerprint density at radius 2 is 2.00 bits per heavy atom. The Kier molecular flexibility index (Phi) is 5.66. The van der Waals surface area contributed by atoms with Crippen LogP contribution < -0.4 is 0 Å². The van der Waals surface area contributed by atoms with Gasteiger partial charge in [0.2, 0.25) is 0 Å². The molecule has 1 heterocycles. The normalized spacial score (nSPS) is 17.6. The van der Waals surface area contributed by atoms with Crippen molar-refractivity contribution in [1.29, 1.82) is 0 Å². The van der Waals surface area contributed by atoms with E-state index in [4.69, 9.17) is 9.84 Å². The van der Waals surface area contributed by atoms with Crippen molar-refractivity contribution in [3.05, 3.63) is 47.2 Å². The van der Waals surface area contributed by atoms with Gasteiger partial charge in [0.05, 0.1) is 23.8 Å². The SMILES string of the molecule is C=C(C)N1CCOC(CCC(=O)c2c(F)cc(C(=O)O)cc2F)C1. The minimum Gasteiger partial charge on any atom is -0.478 e. The molecule has 0 amide bonds. The highest BCUT2D eigenvalue weighted by Crippen LogP contribution is 2.20. The summed E-state index contributed by atoms with van der Waals surface area (Å²) in [6.07, 6.45) is 0.0146. The maximum absolute atomic E-state index is 13.9. The van der Waals surface area contributed by atoms with Gasteiger partial charge in [-0.1, -0.05) is 6.58 Å². The van der Waals surface area contributed by atoms with Crippen LogP contribution in [0.2, 0.25) is 0 Å². The van der Waals surface area contributed by atoms with Gasteiger partial charge in [-0.05, 0) is 25.5 Å². The van der Waals surface area contributed by atoms with Gasteiger partial charge in [-0.25, -0.2) is 13.6 Å². The lowest BCUT2D eigenvalue weighted by atomic mass is 10.0. The van der Waals surface area contributed by atoms with Crippen molar-refractivity contribution in [1.82, 2.24) is 4.90 Å². The fourth-order valence-electron chi connectivity index (χ4n) is 2.62. The molecule has 1 aliphatic heterocycles. The Morgan fingerprint density at radius 1 is 1.38 bits per heavy atom. The summed E-state index contributed by atoms with van der Waals surface area (Å²) in [5, 5.41) is 8.76. The fourth-order valence-corrected chi connectivity index (χ4v) is 2.62. The minimum atomic E-state index is -1.46. The maximum Gasteiger partial charge on any atom is 0.335 e. The summed E-state index contributed by atoms with van der Waals surface area (Å²) < 4.78 is 33.3. The Balaban J connectivity index is 2.03. The van der Waals surface area contributed by atoms with E-state index in [2.05, 4.69) is 6.58 Å². The number of aromatic carboxylic acids is 1. The number of halogens is 2. The Morgan fingerprint density at radius 3 is 2.54 bits per heavy atom. The van der Waals surface area contributed by atoms with Gasteiger partial charge in [-0.15, -0.1) is 0 Å². The monoisotopic (exact) mass is 339 g/mol. The number of morpholine rings is 1. The van der Waals surface area contributed by atoms with Crippen LogP contribution in [0.5, 0.6) is 0 Å². The molecule has 0 aromatic heterocycles. The summed E-state index contributed by atoms with van der Waals surface area (Å²) in [7, 11) is 0. The molecule has 1 atom stereocenters. The standard InChI is InChI=1S/C17H19F2NO4/c1-10(2)20-5-6-24-12(9-20)3-4-15(21)16-13(18)7-11(17(22)23)8-14(16)19/h7-8,12H,1,3-6,9H2,2H3,(H,22,23). The van der Waals surface area contributed by atoms with Crippen molar-refractivity contribution < 1.29 is 28.2 Å². The van der Waals surface area contributed by atoms with Crippen LogP contribution in [-0.2, 0) is 4.74 Å². The molecule has 2 rings (SSSR count). The number of carbonyl (C=O) groups excluding carboxylic acids is 1. The molecule has 1 aliphatic rings. The predicted octanol–water partition coefficient (Wildman–Crippen LogP) is 2.86. The highest BCUT2D eigenvalue weighted by Gasteiger charge is 2.24. The molecule has 1 aromatic carbocycles. The van der Waals surface area contributed by atoms with Crippen molar-refractivity contribution in [3.63, 3.8) is 0 Å². The van der Waals surface area contributed by atoms with Crippen LogP contribution in [0.3, 0.4) is 0 Å². The highest BCUT2D eigenvalue weighted by molar-refractivity contribution is 5.98. The number of ketones is 1. The number of hydrogen-bond donors (Lipinski definition) is 1. The molecule has 1 saturated heterocycles. The van der Waals surface area contributed by atoms with E-state index in [0.717, 1.165) is 12.2 Å². The van der Waals surface area contributed by atoms with E-state index < -0.39 is 34.5 Å². The molecule has 0 radical (unpaired) electrons. The molecular formula is C17H19F2NO4. The summed E-state index contributed by atoms with van der Waals surface area (Å²) in [6, 6.07) is 1.30. The molecular weight excluding hydrogens is 320 g/mol. The third kappa shape index (κ3) is 4.17. The predicted molar refractivity (Wildman–Crippen MR) is 83.0 cm³/mol. The van der Waals surface area contributed by atoms with Gasteiger partial charge < -0.3 is 14.7 Å². The fraction of sp³-hybridized carbons (Fsp3) is 0.412. The number of ether oxygens (including phenoxy) is 1. The summed E-state index contributed by atoms with van der Waals surface area (Å²) in [6.45, 7) is 7.53. The molecule has 0 saturated carbocycles. The average molecular weight is 339 g/mol. The van der Waals surface area contributed by atoms with Crippen molar-refractivity contribution in [3.8, 4) is 0 Å². The van der Waals surface area contributed by atoms with Crippen LogP contribution in [0.15, 0.2) is 24.4 Å². The summed E-state index contributed by atoms with van der Waals surface area (Å²) in [4.78, 5) is 24.9. The first-order valence-electron chi connectivity index (χ1n) is 7.57. The van der Waals surface area contributed by atoms with Crippen LogP contribution in [0.4, 0.5) is 8.78 Å². The van der Waals surface area contributed by atoms with Crippen molar-refractivity contribution in [2.24, 2.45) is 0 Å². The molecule has 0 spiro atoms. The third-order valence-corrected chi connectivity index (χ3v) is 3.94. The average Bonchev–Trinajstić information content (AvgIpc) is 2.52. The lowest BCUT2D eigenvalue weighted by Crippen LogP contribution is -2.41. The number of carboxylic acid groups (broad SMARTS) is 1.